The van der Waals surface area contributed by atoms with E-state index in [1.807, 2.05) is 12.1 Å². The lowest BCUT2D eigenvalue weighted by molar-refractivity contribution is 0.332. The lowest BCUT2D eigenvalue weighted by atomic mass is 10.3. The molecule has 3 N–H and O–H groups in total. The molecule has 0 aliphatic rings. The van der Waals surface area contributed by atoms with Crippen LogP contribution in [0.2, 0.25) is 0 Å². The maximum atomic E-state index is 5.60. The molecule has 0 atom stereocenters. The molecule has 3 rings (SSSR count). The second-order valence-electron chi connectivity index (χ2n) is 4.09. The average molecular weight is 271 g/mol. The minimum absolute atomic E-state index is 0.502. The Hall–Kier alpha value is -2.90. The van der Waals surface area contributed by atoms with Crippen molar-refractivity contribution >= 4 is 17.2 Å². The summed E-state index contributed by atoms with van der Waals surface area (Å²) < 4.78 is 7.16. The van der Waals surface area contributed by atoms with E-state index in [9.17, 15) is 0 Å². The summed E-state index contributed by atoms with van der Waals surface area (Å²) in [6.07, 6.45) is 3.25. The number of ether oxygens (including phenoxy) is 1. The third-order valence-corrected chi connectivity index (χ3v) is 2.67. The zero-order valence-corrected chi connectivity index (χ0v) is 10.6. The van der Waals surface area contributed by atoms with Crippen LogP contribution in [-0.4, -0.2) is 38.2 Å². The number of benzene rings is 1. The van der Waals surface area contributed by atoms with Crippen LogP contribution in [0.5, 0.6) is 5.75 Å². The third kappa shape index (κ3) is 2.58. The van der Waals surface area contributed by atoms with Crippen LogP contribution < -0.4 is 15.8 Å². The number of rotatable bonds is 5. The number of hydrogen-bond donors (Lipinski definition) is 2. The highest BCUT2D eigenvalue weighted by atomic mass is 16.5. The standard InChI is InChI=1S/C12H13N7O/c13-9-1-3-10(4-2-9)20-6-5-15-11-7-14-8-12-16-17-18-19(11)12/h1-4,7-8,15H,5-6,13H2. The number of anilines is 2. The summed E-state index contributed by atoms with van der Waals surface area (Å²) in [7, 11) is 0. The number of nitrogens with one attached hydrogen (secondary N) is 1. The number of hydrogen-bond acceptors (Lipinski definition) is 7. The number of nitrogens with two attached hydrogens (primary N) is 1. The number of tetrazole rings is 1. The minimum atomic E-state index is 0.502. The molecule has 0 bridgehead atoms. The van der Waals surface area contributed by atoms with Crippen LogP contribution in [-0.2, 0) is 0 Å². The van der Waals surface area contributed by atoms with Gasteiger partial charge in [-0.05, 0) is 34.7 Å². The molecule has 8 heteroatoms. The van der Waals surface area contributed by atoms with Crippen LogP contribution in [0.1, 0.15) is 0 Å². The summed E-state index contributed by atoms with van der Waals surface area (Å²) in [6, 6.07) is 7.26. The van der Waals surface area contributed by atoms with E-state index >= 15 is 0 Å². The summed E-state index contributed by atoms with van der Waals surface area (Å²) in [4.78, 5) is 4.05. The quantitative estimate of drug-likeness (QED) is 0.517. The predicted octanol–water partition coefficient (Wildman–Crippen LogP) is 0.592. The molecule has 0 aliphatic heterocycles. The van der Waals surface area contributed by atoms with Gasteiger partial charge in [0, 0.05) is 5.69 Å². The second-order valence-corrected chi connectivity index (χ2v) is 4.09. The lowest BCUT2D eigenvalue weighted by Crippen LogP contribution is -2.14. The van der Waals surface area contributed by atoms with Crippen molar-refractivity contribution < 1.29 is 4.74 Å². The molecule has 8 nitrogen and oxygen atoms in total. The van der Waals surface area contributed by atoms with Crippen LogP contribution in [0, 0.1) is 0 Å². The van der Waals surface area contributed by atoms with E-state index in [4.69, 9.17) is 10.5 Å². The first-order chi connectivity index (χ1) is 9.83. The molecule has 0 spiro atoms. The fourth-order valence-electron chi connectivity index (χ4n) is 1.71. The maximum absolute atomic E-state index is 5.60. The first kappa shape index (κ1) is 12.2. The van der Waals surface area contributed by atoms with Crippen molar-refractivity contribution in [2.45, 2.75) is 0 Å². The molecular formula is C12H13N7O. The van der Waals surface area contributed by atoms with Gasteiger partial charge in [-0.3, -0.25) is 4.98 Å². The van der Waals surface area contributed by atoms with Crippen molar-refractivity contribution in [3.05, 3.63) is 36.7 Å². The second kappa shape index (κ2) is 5.39. The Labute approximate surface area is 114 Å². The minimum Gasteiger partial charge on any atom is -0.492 e. The van der Waals surface area contributed by atoms with Gasteiger partial charge >= 0.3 is 0 Å². The van der Waals surface area contributed by atoms with Crippen molar-refractivity contribution in [1.82, 2.24) is 25.0 Å². The fraction of sp³-hybridized carbons (Fsp3) is 0.167. The van der Waals surface area contributed by atoms with Gasteiger partial charge in [0.1, 0.15) is 12.4 Å². The van der Waals surface area contributed by atoms with Crippen LogP contribution in [0.15, 0.2) is 36.7 Å². The third-order valence-electron chi connectivity index (χ3n) is 2.67. The zero-order chi connectivity index (χ0) is 13.8. The number of nitrogen functional groups attached to an aromatic ring is 1. The molecule has 0 saturated heterocycles. The molecule has 102 valence electrons. The van der Waals surface area contributed by atoms with Crippen LogP contribution in [0.3, 0.4) is 0 Å². The molecule has 0 amide bonds. The molecule has 2 heterocycles. The summed E-state index contributed by atoms with van der Waals surface area (Å²) in [5.74, 6) is 1.49. The topological polar surface area (TPSA) is 103 Å². The zero-order valence-electron chi connectivity index (χ0n) is 10.6. The summed E-state index contributed by atoms with van der Waals surface area (Å²) >= 11 is 0. The summed E-state index contributed by atoms with van der Waals surface area (Å²) in [6.45, 7) is 1.10. The van der Waals surface area contributed by atoms with Crippen LogP contribution in [0.4, 0.5) is 11.5 Å². The molecule has 2 aromatic heterocycles. The van der Waals surface area contributed by atoms with Gasteiger partial charge in [-0.2, -0.15) is 4.52 Å². The van der Waals surface area contributed by atoms with Gasteiger partial charge in [0.2, 0.25) is 0 Å². The van der Waals surface area contributed by atoms with Gasteiger partial charge in [-0.1, -0.05) is 0 Å². The van der Waals surface area contributed by atoms with Crippen molar-refractivity contribution in [1.29, 1.82) is 0 Å². The number of aromatic nitrogens is 5. The van der Waals surface area contributed by atoms with E-state index in [-0.39, 0.29) is 0 Å². The Balaban J connectivity index is 1.55. The Morgan fingerprint density at radius 1 is 1.20 bits per heavy atom. The van der Waals surface area contributed by atoms with Crippen LogP contribution in [0.25, 0.3) is 5.65 Å². The highest BCUT2D eigenvalue weighted by molar-refractivity contribution is 5.44. The Bertz CT molecular complexity index is 694. The Kier molecular flexibility index (Phi) is 3.27. The average Bonchev–Trinajstić information content (AvgIpc) is 2.94. The molecule has 0 radical (unpaired) electrons. The first-order valence-electron chi connectivity index (χ1n) is 6.07. The van der Waals surface area contributed by atoms with E-state index in [1.54, 1.807) is 29.0 Å². The molecule has 1 aromatic carbocycles. The van der Waals surface area contributed by atoms with Crippen molar-refractivity contribution in [3.8, 4) is 5.75 Å². The molecule has 0 aliphatic carbocycles. The van der Waals surface area contributed by atoms with E-state index in [2.05, 4.69) is 25.8 Å². The fourth-order valence-corrected chi connectivity index (χ4v) is 1.71. The largest absolute Gasteiger partial charge is 0.492 e. The molecule has 0 unspecified atom stereocenters. The summed E-state index contributed by atoms with van der Waals surface area (Å²) in [5, 5.41) is 14.4. The smallest absolute Gasteiger partial charge is 0.199 e. The van der Waals surface area contributed by atoms with Gasteiger partial charge in [0.05, 0.1) is 18.9 Å². The van der Waals surface area contributed by atoms with Crippen molar-refractivity contribution in [2.24, 2.45) is 0 Å². The SMILES string of the molecule is Nc1ccc(OCCNc2cncc3nnnn23)cc1. The molecule has 0 saturated carbocycles. The number of nitrogens with zero attached hydrogens (tertiary/aromatic N) is 5. The van der Waals surface area contributed by atoms with E-state index in [1.165, 1.54) is 0 Å². The van der Waals surface area contributed by atoms with E-state index < -0.39 is 0 Å². The highest BCUT2D eigenvalue weighted by Crippen LogP contribution is 2.13. The van der Waals surface area contributed by atoms with Gasteiger partial charge in [0.25, 0.3) is 0 Å². The van der Waals surface area contributed by atoms with E-state index in [0.717, 1.165) is 5.75 Å². The first-order valence-corrected chi connectivity index (χ1v) is 6.07. The molecule has 3 aromatic rings. The Morgan fingerprint density at radius 2 is 2.05 bits per heavy atom. The van der Waals surface area contributed by atoms with Gasteiger partial charge < -0.3 is 15.8 Å². The van der Waals surface area contributed by atoms with Gasteiger partial charge in [-0.25, -0.2) is 0 Å². The molecule has 20 heavy (non-hydrogen) atoms. The maximum Gasteiger partial charge on any atom is 0.199 e. The van der Waals surface area contributed by atoms with Crippen molar-refractivity contribution in [3.63, 3.8) is 0 Å². The molecular weight excluding hydrogens is 258 g/mol. The van der Waals surface area contributed by atoms with Gasteiger partial charge in [0.15, 0.2) is 11.5 Å². The lowest BCUT2D eigenvalue weighted by Gasteiger charge is -2.08. The van der Waals surface area contributed by atoms with E-state index in [0.29, 0.717) is 30.3 Å². The van der Waals surface area contributed by atoms with Crippen molar-refractivity contribution in [2.75, 3.05) is 24.2 Å². The molecule has 0 fully saturated rings. The number of fused-ring (bicyclic) bond motifs is 1. The Morgan fingerprint density at radius 3 is 2.90 bits per heavy atom. The highest BCUT2D eigenvalue weighted by Gasteiger charge is 2.02. The summed E-state index contributed by atoms with van der Waals surface area (Å²) in [5.41, 5.74) is 6.91. The predicted molar refractivity (Wildman–Crippen MR) is 73.4 cm³/mol. The normalized spacial score (nSPS) is 10.6. The van der Waals surface area contributed by atoms with Gasteiger partial charge in [-0.15, -0.1) is 5.10 Å². The monoisotopic (exact) mass is 271 g/mol. The van der Waals surface area contributed by atoms with Crippen LogP contribution >= 0.6 is 0 Å².